The Hall–Kier alpha value is -2.06. The van der Waals surface area contributed by atoms with Crippen molar-refractivity contribution in [2.24, 2.45) is 5.73 Å². The van der Waals surface area contributed by atoms with Crippen LogP contribution in [-0.2, 0) is 9.53 Å². The van der Waals surface area contributed by atoms with Crippen LogP contribution in [0, 0.1) is 0 Å². The molecule has 0 aliphatic carbocycles. The van der Waals surface area contributed by atoms with Crippen LogP contribution >= 0.6 is 11.8 Å². The third-order valence-corrected chi connectivity index (χ3v) is 3.80. The summed E-state index contributed by atoms with van der Waals surface area (Å²) in [4.78, 5) is 35.2. The quantitative estimate of drug-likeness (QED) is 0.542. The Morgan fingerprint density at radius 3 is 2.55 bits per heavy atom. The van der Waals surface area contributed by atoms with Crippen molar-refractivity contribution in [1.82, 2.24) is 4.90 Å². The number of benzene rings is 1. The molecule has 8 heteroatoms. The van der Waals surface area contributed by atoms with Crippen molar-refractivity contribution in [2.45, 2.75) is 6.04 Å². The predicted octanol–water partition coefficient (Wildman–Crippen LogP) is 1.04. The first-order valence-corrected chi connectivity index (χ1v) is 7.59. The fourth-order valence-corrected chi connectivity index (χ4v) is 2.27. The molecule has 1 aromatic carbocycles. The zero-order valence-electron chi connectivity index (χ0n) is 12.1. The van der Waals surface area contributed by atoms with E-state index in [1.54, 1.807) is 30.3 Å². The van der Waals surface area contributed by atoms with Crippen LogP contribution in [0.15, 0.2) is 30.3 Å². The maximum Gasteiger partial charge on any atom is 0.410 e. The standard InChI is InChI=1S/C14H18N2O5S/c1-16(9-22-8-11(15)13(18)19)14(20)21-7-12(17)10-5-3-2-4-6-10/h2-6,11H,7-9,15H2,1H3,(H,18,19)/t11-/m0/s1. The number of aliphatic carboxylic acids is 1. The van der Waals surface area contributed by atoms with E-state index in [2.05, 4.69) is 0 Å². The van der Waals surface area contributed by atoms with Gasteiger partial charge in [-0.25, -0.2) is 4.79 Å². The highest BCUT2D eigenvalue weighted by atomic mass is 32.2. The molecule has 0 bridgehead atoms. The summed E-state index contributed by atoms with van der Waals surface area (Å²) < 4.78 is 4.90. The molecule has 1 atom stereocenters. The zero-order chi connectivity index (χ0) is 16.5. The second-order valence-corrected chi connectivity index (χ2v) is 5.49. The van der Waals surface area contributed by atoms with Gasteiger partial charge in [-0.15, -0.1) is 11.8 Å². The number of ether oxygens (including phenoxy) is 1. The van der Waals surface area contributed by atoms with E-state index < -0.39 is 18.1 Å². The average molecular weight is 326 g/mol. The van der Waals surface area contributed by atoms with Crippen LogP contribution in [0.3, 0.4) is 0 Å². The number of carboxylic acid groups (broad SMARTS) is 1. The first-order valence-electron chi connectivity index (χ1n) is 6.44. The molecule has 0 heterocycles. The first kappa shape index (κ1) is 18.0. The number of carbonyl (C=O) groups excluding carboxylic acids is 2. The van der Waals surface area contributed by atoms with Crippen molar-refractivity contribution < 1.29 is 24.2 Å². The van der Waals surface area contributed by atoms with Crippen LogP contribution in [0.2, 0.25) is 0 Å². The minimum atomic E-state index is -1.09. The van der Waals surface area contributed by atoms with Crippen LogP contribution in [0.5, 0.6) is 0 Å². The minimum Gasteiger partial charge on any atom is -0.480 e. The van der Waals surface area contributed by atoms with Crippen molar-refractivity contribution in [2.75, 3.05) is 25.3 Å². The smallest absolute Gasteiger partial charge is 0.410 e. The summed E-state index contributed by atoms with van der Waals surface area (Å²) in [5, 5.41) is 8.63. The number of ketones is 1. The Labute approximate surface area is 132 Å². The van der Waals surface area contributed by atoms with Crippen molar-refractivity contribution in [3.05, 3.63) is 35.9 Å². The molecule has 3 N–H and O–H groups in total. The Kier molecular flexibility index (Phi) is 7.41. The highest BCUT2D eigenvalue weighted by Crippen LogP contribution is 2.06. The number of amides is 1. The highest BCUT2D eigenvalue weighted by Gasteiger charge is 2.15. The third-order valence-electron chi connectivity index (χ3n) is 2.63. The second-order valence-electron chi connectivity index (χ2n) is 4.49. The largest absolute Gasteiger partial charge is 0.480 e. The number of carboxylic acids is 1. The fraction of sp³-hybridized carbons (Fsp3) is 0.357. The van der Waals surface area contributed by atoms with Gasteiger partial charge in [0.2, 0.25) is 0 Å². The molecule has 0 fully saturated rings. The van der Waals surface area contributed by atoms with Crippen LogP contribution in [0.1, 0.15) is 10.4 Å². The summed E-state index contributed by atoms with van der Waals surface area (Å²) >= 11 is 1.19. The van der Waals surface area contributed by atoms with Crippen molar-refractivity contribution in [3.8, 4) is 0 Å². The maximum atomic E-state index is 11.8. The molecule has 7 nitrogen and oxygen atoms in total. The molecular weight excluding hydrogens is 308 g/mol. The number of carbonyl (C=O) groups is 3. The summed E-state index contributed by atoms with van der Waals surface area (Å²) in [6.45, 7) is -0.341. The van der Waals surface area contributed by atoms with Crippen molar-refractivity contribution in [1.29, 1.82) is 0 Å². The SMILES string of the molecule is CN(CSC[C@H](N)C(=O)O)C(=O)OCC(=O)c1ccccc1. The third kappa shape index (κ3) is 6.15. The van der Waals surface area contributed by atoms with Gasteiger partial charge in [0.05, 0.1) is 5.88 Å². The van der Waals surface area contributed by atoms with E-state index >= 15 is 0 Å². The molecule has 1 amide bonds. The molecule has 0 saturated heterocycles. The first-order chi connectivity index (χ1) is 10.4. The molecule has 0 aliphatic heterocycles. The molecule has 22 heavy (non-hydrogen) atoms. The summed E-state index contributed by atoms with van der Waals surface area (Å²) in [5.41, 5.74) is 5.81. The lowest BCUT2D eigenvalue weighted by Gasteiger charge is -2.16. The minimum absolute atomic E-state index is 0.176. The van der Waals surface area contributed by atoms with Gasteiger partial charge in [0.1, 0.15) is 6.04 Å². The van der Waals surface area contributed by atoms with Crippen LogP contribution < -0.4 is 5.73 Å². The number of nitrogens with zero attached hydrogens (tertiary/aromatic N) is 1. The lowest BCUT2D eigenvalue weighted by Crippen LogP contribution is -2.34. The van der Waals surface area contributed by atoms with Gasteiger partial charge in [-0.3, -0.25) is 9.59 Å². The van der Waals surface area contributed by atoms with Crippen molar-refractivity contribution in [3.63, 3.8) is 0 Å². The lowest BCUT2D eigenvalue weighted by atomic mass is 10.1. The van der Waals surface area contributed by atoms with Gasteiger partial charge in [-0.2, -0.15) is 0 Å². The zero-order valence-corrected chi connectivity index (χ0v) is 12.9. The van der Waals surface area contributed by atoms with Gasteiger partial charge in [0.15, 0.2) is 12.4 Å². The second kappa shape index (κ2) is 9.06. The lowest BCUT2D eigenvalue weighted by molar-refractivity contribution is -0.137. The summed E-state index contributed by atoms with van der Waals surface area (Å²) in [6, 6.07) is 7.54. The molecule has 0 spiro atoms. The number of thioether (sulfide) groups is 1. The number of Topliss-reactive ketones (excluding diaryl/α,β-unsaturated/α-hetero) is 1. The van der Waals surface area contributed by atoms with E-state index in [4.69, 9.17) is 15.6 Å². The van der Waals surface area contributed by atoms with E-state index in [9.17, 15) is 14.4 Å². The highest BCUT2D eigenvalue weighted by molar-refractivity contribution is 7.99. The van der Waals surface area contributed by atoms with Gasteiger partial charge < -0.3 is 20.5 Å². The van der Waals surface area contributed by atoms with Crippen molar-refractivity contribution >= 4 is 29.6 Å². The van der Waals surface area contributed by atoms with Crippen LogP contribution in [-0.4, -0.2) is 59.2 Å². The van der Waals surface area contributed by atoms with Gasteiger partial charge in [-0.05, 0) is 0 Å². The number of nitrogens with two attached hydrogens (primary N) is 1. The van der Waals surface area contributed by atoms with E-state index in [-0.39, 0.29) is 24.0 Å². The molecular formula is C14H18N2O5S. The van der Waals surface area contributed by atoms with Gasteiger partial charge in [0, 0.05) is 18.4 Å². The molecule has 1 aromatic rings. The Balaban J connectivity index is 2.29. The average Bonchev–Trinajstić information content (AvgIpc) is 2.52. The van der Waals surface area contributed by atoms with Crippen LogP contribution in [0.25, 0.3) is 0 Å². The van der Waals surface area contributed by atoms with Gasteiger partial charge in [0.25, 0.3) is 0 Å². The molecule has 0 radical (unpaired) electrons. The molecule has 0 unspecified atom stereocenters. The van der Waals surface area contributed by atoms with Gasteiger partial charge in [-0.1, -0.05) is 30.3 Å². The van der Waals surface area contributed by atoms with E-state index in [1.807, 2.05) is 0 Å². The Bertz CT molecular complexity index is 523. The molecule has 0 aromatic heterocycles. The summed E-state index contributed by atoms with van der Waals surface area (Å²) in [5.74, 6) is -0.982. The molecule has 1 rings (SSSR count). The maximum absolute atomic E-state index is 11.8. The Morgan fingerprint density at radius 2 is 1.95 bits per heavy atom. The number of rotatable bonds is 8. The fourth-order valence-electron chi connectivity index (χ4n) is 1.39. The topological polar surface area (TPSA) is 110 Å². The number of hydrogen-bond donors (Lipinski definition) is 2. The summed E-state index contributed by atoms with van der Waals surface area (Å²) in [7, 11) is 1.49. The van der Waals surface area contributed by atoms with Gasteiger partial charge >= 0.3 is 12.1 Å². The monoisotopic (exact) mass is 326 g/mol. The molecule has 0 saturated carbocycles. The summed E-state index contributed by atoms with van der Waals surface area (Å²) in [6.07, 6.45) is -0.652. The van der Waals surface area contributed by atoms with E-state index in [1.165, 1.54) is 23.7 Å². The number of hydrogen-bond acceptors (Lipinski definition) is 6. The normalized spacial score (nSPS) is 11.5. The Morgan fingerprint density at radius 1 is 1.32 bits per heavy atom. The van der Waals surface area contributed by atoms with E-state index in [0.29, 0.717) is 5.56 Å². The molecule has 120 valence electrons. The van der Waals surface area contributed by atoms with Crippen LogP contribution in [0.4, 0.5) is 4.79 Å². The van der Waals surface area contributed by atoms with E-state index in [0.717, 1.165) is 0 Å². The molecule has 0 aliphatic rings. The predicted molar refractivity (Wildman–Crippen MR) is 82.8 cm³/mol.